The van der Waals surface area contributed by atoms with Crippen LogP contribution < -0.4 is 0 Å². The predicted octanol–water partition coefficient (Wildman–Crippen LogP) is 7.52. The molecule has 0 aliphatic carbocycles. The molecular weight excluding hydrogens is 1070 g/mol. The van der Waals surface area contributed by atoms with Crippen molar-refractivity contribution in [1.29, 1.82) is 0 Å². The van der Waals surface area contributed by atoms with Gasteiger partial charge in [-0.25, -0.2) is 16.8 Å². The minimum atomic E-state index is -5.14. The Hall–Kier alpha value is -2.70. The fourth-order valence-corrected chi connectivity index (χ4v) is 9.23. The van der Waals surface area contributed by atoms with E-state index in [9.17, 15) is 64.9 Å². The Morgan fingerprint density at radius 1 is 0.494 bits per heavy atom. The van der Waals surface area contributed by atoms with Gasteiger partial charge < -0.3 is 47.7 Å². The Kier molecular flexibility index (Phi) is 42.5. The molecule has 2 aliphatic heterocycles. The first kappa shape index (κ1) is 74.3. The molecule has 0 aromatic carbocycles. The van der Waals surface area contributed by atoms with Crippen molar-refractivity contribution in [3.8, 4) is 0 Å². The van der Waals surface area contributed by atoms with Crippen LogP contribution in [-0.2, 0) is 77.4 Å². The molecule has 20 nitrogen and oxygen atoms in total. The summed E-state index contributed by atoms with van der Waals surface area (Å²) in [5, 5.41) is 15.2. The van der Waals surface area contributed by atoms with Gasteiger partial charge in [-0.3, -0.25) is 28.8 Å². The first-order chi connectivity index (χ1) is 36.3. The van der Waals surface area contributed by atoms with Gasteiger partial charge in [0.2, 0.25) is 0 Å². The number of cyclic esters (lactones) is 4. The Balaban J connectivity index is 0.00000148. The number of ether oxygens (including phenoxy) is 6. The summed E-state index contributed by atoms with van der Waals surface area (Å²) in [4.78, 5) is 72.1. The molecule has 2 rings (SSSR count). The minimum Gasteiger partial charge on any atom is -0.747 e. The smallest absolute Gasteiger partial charge is 0.747 e. The molecule has 0 amide bonds. The van der Waals surface area contributed by atoms with Crippen LogP contribution >= 0.6 is 0 Å². The van der Waals surface area contributed by atoms with E-state index in [1.807, 2.05) is 0 Å². The molecule has 0 bridgehead atoms. The van der Waals surface area contributed by atoms with Crippen molar-refractivity contribution < 1.29 is 93.3 Å². The number of allylic oxidation sites excluding steroid dienone is 4. The summed E-state index contributed by atoms with van der Waals surface area (Å²) < 4.78 is 97.6. The van der Waals surface area contributed by atoms with Gasteiger partial charge in [0, 0.05) is 12.8 Å². The maximum Gasteiger partial charge on any atom is 2.00 e. The van der Waals surface area contributed by atoms with Crippen molar-refractivity contribution in [2.75, 3.05) is 52.9 Å². The predicted molar refractivity (Wildman–Crippen MR) is 286 cm³/mol. The van der Waals surface area contributed by atoms with E-state index in [2.05, 4.69) is 38.2 Å². The van der Waals surface area contributed by atoms with E-state index in [0.717, 1.165) is 51.4 Å². The molecule has 0 saturated carbocycles. The third-order valence-electron chi connectivity index (χ3n) is 13.1. The summed E-state index contributed by atoms with van der Waals surface area (Å²) in [6.45, 7) is 0.222. The van der Waals surface area contributed by atoms with Gasteiger partial charge in [0.15, 0.2) is 10.5 Å². The molecule has 2 heterocycles. The number of esters is 6. The molecule has 23 heteroatoms. The second-order valence-corrected chi connectivity index (χ2v) is 23.3. The third-order valence-corrected chi connectivity index (χ3v) is 15.2. The molecule has 2 aliphatic rings. The fraction of sp³-hybridized carbons (Fsp3) is 0.815. The van der Waals surface area contributed by atoms with Crippen LogP contribution in [-0.4, -0.2) is 173 Å². The number of rotatable bonds is 38. The van der Waals surface area contributed by atoms with Crippen LogP contribution in [0.4, 0.5) is 0 Å². The average Bonchev–Trinajstić information content (AvgIpc) is 3.49. The summed E-state index contributed by atoms with van der Waals surface area (Å²) in [5.41, 5.74) is -2.90. The van der Waals surface area contributed by atoms with Crippen molar-refractivity contribution in [2.24, 2.45) is 10.8 Å². The normalized spacial score (nSPS) is 20.6. The first-order valence-corrected chi connectivity index (χ1v) is 30.6. The largest absolute Gasteiger partial charge is 2.00 e. The Morgan fingerprint density at radius 2 is 0.766 bits per heavy atom. The molecule has 0 radical (unpaired) electrons. The molecule has 2 N–H and O–H groups in total. The average molecular weight is 1160 g/mol. The summed E-state index contributed by atoms with van der Waals surface area (Å²) in [7, 11) is -10.3. The zero-order valence-corrected chi connectivity index (χ0v) is 49.9. The van der Waals surface area contributed by atoms with Crippen molar-refractivity contribution in [2.45, 2.75) is 217 Å². The number of hydrogen-bond acceptors (Lipinski definition) is 20. The molecule has 4 atom stereocenters. The number of carbonyl (C=O) groups is 6. The molecular formula is C54H90CaO20S2. The van der Waals surface area contributed by atoms with Gasteiger partial charge in [-0.1, -0.05) is 141 Å². The van der Waals surface area contributed by atoms with E-state index in [4.69, 9.17) is 28.4 Å². The van der Waals surface area contributed by atoms with E-state index in [1.165, 1.54) is 103 Å². The Bertz CT molecular complexity index is 1820. The Labute approximate surface area is 488 Å². The quantitative estimate of drug-likeness (QED) is 0.0151. The maximum absolute atomic E-state index is 12.2. The van der Waals surface area contributed by atoms with Gasteiger partial charge in [-0.15, -0.1) is 0 Å². The van der Waals surface area contributed by atoms with Crippen LogP contribution in [0.5, 0.6) is 0 Å². The van der Waals surface area contributed by atoms with Crippen LogP contribution in [0.2, 0.25) is 0 Å². The van der Waals surface area contributed by atoms with Crippen molar-refractivity contribution in [1.82, 2.24) is 0 Å². The monoisotopic (exact) mass is 1160 g/mol. The summed E-state index contributed by atoms with van der Waals surface area (Å²) >= 11 is 0. The van der Waals surface area contributed by atoms with E-state index < -0.39 is 143 Å². The zero-order valence-electron chi connectivity index (χ0n) is 46.1. The van der Waals surface area contributed by atoms with Crippen LogP contribution in [0.1, 0.15) is 206 Å². The van der Waals surface area contributed by atoms with Gasteiger partial charge in [0.25, 0.3) is 0 Å². The molecule has 0 aromatic heterocycles. The summed E-state index contributed by atoms with van der Waals surface area (Å²) in [6, 6.07) is 0. The van der Waals surface area contributed by atoms with Crippen molar-refractivity contribution >= 4 is 93.8 Å². The van der Waals surface area contributed by atoms with Crippen molar-refractivity contribution in [3.05, 3.63) is 24.3 Å². The first-order valence-electron chi connectivity index (χ1n) is 27.6. The van der Waals surface area contributed by atoms with Gasteiger partial charge in [0.1, 0.15) is 59.9 Å². The number of hydrogen-bond donors (Lipinski definition) is 2. The Morgan fingerprint density at radius 3 is 1.05 bits per heavy atom. The third kappa shape index (κ3) is 36.3. The number of aliphatic hydroxyl groups excluding tert-OH is 2. The van der Waals surface area contributed by atoms with Crippen LogP contribution in [0.3, 0.4) is 0 Å². The van der Waals surface area contributed by atoms with Gasteiger partial charge >= 0.3 is 73.6 Å². The molecule has 2 fully saturated rings. The molecule has 4 unspecified atom stereocenters. The summed E-state index contributed by atoms with van der Waals surface area (Å²) in [6.07, 6.45) is 37.0. The van der Waals surface area contributed by atoms with Gasteiger partial charge in [0.05, 0.1) is 36.9 Å². The maximum atomic E-state index is 12.2. The molecule has 0 aromatic rings. The molecule has 440 valence electrons. The van der Waals surface area contributed by atoms with E-state index in [1.54, 1.807) is 0 Å². The molecule has 77 heavy (non-hydrogen) atoms. The number of carbonyl (C=O) groups excluding carboxylic acids is 6. The number of aliphatic hydroxyl groups is 2. The zero-order chi connectivity index (χ0) is 56.6. The summed E-state index contributed by atoms with van der Waals surface area (Å²) in [5.74, 6) is -6.03. The number of unbranched alkanes of at least 4 members (excludes halogenated alkanes) is 22. The van der Waals surface area contributed by atoms with E-state index in [0.29, 0.717) is 12.8 Å². The van der Waals surface area contributed by atoms with Crippen LogP contribution in [0.15, 0.2) is 24.3 Å². The van der Waals surface area contributed by atoms with E-state index >= 15 is 0 Å². The van der Waals surface area contributed by atoms with Crippen LogP contribution in [0, 0.1) is 10.8 Å². The fourth-order valence-electron chi connectivity index (χ4n) is 7.94. The van der Waals surface area contributed by atoms with Gasteiger partial charge in [-0.05, 0) is 64.2 Å². The standard InChI is InChI=1S/2C27H46O10S.Ca/c2*1-2-3-4-5-6-7-8-9-10-11-12-13-14-15-16-17-24(29)35-20-27(19-28)21-36-25(30)18-23(38(32,33)34)26(31)37-22-27;/h2*7-8,23,28H,2-6,9-22H2,1H3,(H,32,33,34);/q;;+2/p-2/b2*8-7-;. The molecule has 0 spiro atoms. The van der Waals surface area contributed by atoms with Crippen molar-refractivity contribution in [3.63, 3.8) is 0 Å². The van der Waals surface area contributed by atoms with Gasteiger partial charge in [-0.2, -0.15) is 0 Å². The SMILES string of the molecule is CCCCCC/C=C\CCCCCCCCCC(=O)OCC1(CO)COC(=O)CC(S(=O)(=O)[O-])C(=O)OC1.CCCCCC/C=C\CCCCCCCCCC(=O)OCC1(CO)COC(=O)CC(S(=O)(=O)[O-])C(=O)OC1.[Ca+2]. The molecule has 2 saturated heterocycles. The second-order valence-electron chi connectivity index (χ2n) is 20.2. The second kappa shape index (κ2) is 44.0. The van der Waals surface area contributed by atoms with Crippen LogP contribution in [0.25, 0.3) is 0 Å². The topological polar surface area (TPSA) is 313 Å². The van der Waals surface area contributed by atoms with E-state index in [-0.39, 0.29) is 50.6 Å². The minimum absolute atomic E-state index is 0.